The van der Waals surface area contributed by atoms with Gasteiger partial charge in [-0.3, -0.25) is 4.79 Å². The molecule has 0 radical (unpaired) electrons. The zero-order valence-electron chi connectivity index (χ0n) is 20.2. The van der Waals surface area contributed by atoms with Crippen molar-refractivity contribution >= 4 is 34.4 Å². The van der Waals surface area contributed by atoms with E-state index >= 15 is 0 Å². The summed E-state index contributed by atoms with van der Waals surface area (Å²) in [7, 11) is 3.36. The fourth-order valence-corrected chi connectivity index (χ4v) is 4.90. The van der Waals surface area contributed by atoms with Crippen LogP contribution in [0.2, 0.25) is 0 Å². The van der Waals surface area contributed by atoms with Crippen LogP contribution in [0, 0.1) is 12.3 Å². The topological polar surface area (TPSA) is 114 Å². The van der Waals surface area contributed by atoms with E-state index in [-0.39, 0.29) is 23.4 Å². The number of alkyl halides is 3. The number of hydrogen-bond donors (Lipinski definition) is 3. The number of carbonyl (C=O) groups is 1. The van der Waals surface area contributed by atoms with E-state index in [9.17, 15) is 18.0 Å². The molecule has 36 heavy (non-hydrogen) atoms. The number of fused-ring (bicyclic) bond motifs is 2. The molecule has 13 heteroatoms. The second kappa shape index (κ2) is 8.35. The summed E-state index contributed by atoms with van der Waals surface area (Å²) in [6.45, 7) is 2.29. The lowest BCUT2D eigenvalue weighted by Crippen LogP contribution is -2.51. The first-order valence-corrected chi connectivity index (χ1v) is 11.5. The summed E-state index contributed by atoms with van der Waals surface area (Å²) in [6, 6.07) is 5.25. The van der Waals surface area contributed by atoms with Crippen LogP contribution in [0.1, 0.15) is 25.6 Å². The third kappa shape index (κ3) is 4.07. The first kappa shape index (κ1) is 23.8. The Morgan fingerprint density at radius 1 is 1.17 bits per heavy atom. The Morgan fingerprint density at radius 3 is 2.58 bits per heavy atom. The van der Waals surface area contributed by atoms with Crippen molar-refractivity contribution in [3.8, 4) is 11.3 Å². The lowest BCUT2D eigenvalue weighted by Gasteiger charge is -2.43. The summed E-state index contributed by atoms with van der Waals surface area (Å²) >= 11 is 0. The molecule has 0 spiro atoms. The standard InChI is InChI=1S/C23H26F3N9O/c1-12-29-16-6-5-15(31-19(16)34(12)11-23(24,25)26)14-7-8-35-17(14)18(27-3)32-21(33-35)30-13-9-22(2,10-13)20(36)28-4/h5-8,13H,9-11H2,1-4H3,(H,28,36)(H2,27,30,32,33). The van der Waals surface area contributed by atoms with Crippen LogP contribution < -0.4 is 16.0 Å². The van der Waals surface area contributed by atoms with E-state index in [0.29, 0.717) is 46.9 Å². The van der Waals surface area contributed by atoms with Crippen molar-refractivity contribution in [1.29, 1.82) is 0 Å². The Morgan fingerprint density at radius 2 is 1.92 bits per heavy atom. The molecule has 1 fully saturated rings. The maximum atomic E-state index is 13.1. The Hall–Kier alpha value is -3.90. The average molecular weight is 502 g/mol. The van der Waals surface area contributed by atoms with Gasteiger partial charge in [0.25, 0.3) is 0 Å². The molecule has 0 unspecified atom stereocenters. The fraction of sp³-hybridized carbons (Fsp3) is 0.435. The van der Waals surface area contributed by atoms with Crippen LogP contribution >= 0.6 is 0 Å². The van der Waals surface area contributed by atoms with E-state index in [1.807, 2.05) is 6.92 Å². The predicted octanol–water partition coefficient (Wildman–Crippen LogP) is 3.38. The predicted molar refractivity (Wildman–Crippen MR) is 129 cm³/mol. The number of anilines is 2. The summed E-state index contributed by atoms with van der Waals surface area (Å²) in [4.78, 5) is 25.4. The minimum atomic E-state index is -4.40. The van der Waals surface area contributed by atoms with Gasteiger partial charge >= 0.3 is 6.18 Å². The Balaban J connectivity index is 1.48. The number of pyridine rings is 1. The summed E-state index contributed by atoms with van der Waals surface area (Å²) in [5.74, 6) is 1.19. The number of hydrogen-bond acceptors (Lipinski definition) is 7. The van der Waals surface area contributed by atoms with E-state index in [1.165, 1.54) is 6.92 Å². The number of nitrogens with zero attached hydrogens (tertiary/aromatic N) is 6. The van der Waals surface area contributed by atoms with Gasteiger partial charge in [0.15, 0.2) is 11.5 Å². The van der Waals surface area contributed by atoms with Crippen molar-refractivity contribution in [3.05, 3.63) is 30.2 Å². The molecule has 0 atom stereocenters. The van der Waals surface area contributed by atoms with Gasteiger partial charge < -0.3 is 20.5 Å². The number of imidazole rings is 1. The van der Waals surface area contributed by atoms with Gasteiger partial charge in [-0.05, 0) is 38.0 Å². The van der Waals surface area contributed by atoms with Gasteiger partial charge in [-0.2, -0.15) is 18.2 Å². The second-order valence-corrected chi connectivity index (χ2v) is 9.35. The molecule has 4 aromatic rings. The van der Waals surface area contributed by atoms with E-state index in [2.05, 4.69) is 36.0 Å². The normalized spacial score (nSPS) is 19.9. The van der Waals surface area contributed by atoms with Crippen LogP contribution in [-0.2, 0) is 11.3 Å². The first-order valence-electron chi connectivity index (χ1n) is 11.5. The highest BCUT2D eigenvalue weighted by Gasteiger charge is 2.46. The van der Waals surface area contributed by atoms with Gasteiger partial charge in [-0.15, -0.1) is 5.10 Å². The third-order valence-corrected chi connectivity index (χ3v) is 6.65. The minimum Gasteiger partial charge on any atom is -0.371 e. The van der Waals surface area contributed by atoms with Gasteiger partial charge in [0.1, 0.15) is 23.4 Å². The van der Waals surface area contributed by atoms with Crippen LogP contribution in [-0.4, -0.2) is 61.4 Å². The molecule has 1 amide bonds. The van der Waals surface area contributed by atoms with Crippen molar-refractivity contribution in [2.75, 3.05) is 24.7 Å². The molecule has 10 nitrogen and oxygen atoms in total. The maximum absolute atomic E-state index is 13.1. The van der Waals surface area contributed by atoms with E-state index in [0.717, 1.165) is 4.57 Å². The summed E-state index contributed by atoms with van der Waals surface area (Å²) in [5, 5.41) is 13.6. The second-order valence-electron chi connectivity index (χ2n) is 9.35. The third-order valence-electron chi connectivity index (χ3n) is 6.65. The van der Waals surface area contributed by atoms with Crippen molar-refractivity contribution in [3.63, 3.8) is 0 Å². The number of amides is 1. The first-order chi connectivity index (χ1) is 17.0. The summed E-state index contributed by atoms with van der Waals surface area (Å²) in [5.41, 5.74) is 1.93. The van der Waals surface area contributed by atoms with Gasteiger partial charge in [0, 0.05) is 31.9 Å². The zero-order chi connectivity index (χ0) is 25.8. The van der Waals surface area contributed by atoms with Crippen molar-refractivity contribution in [1.82, 2.24) is 34.4 Å². The monoisotopic (exact) mass is 501 g/mol. The van der Waals surface area contributed by atoms with Gasteiger partial charge in [-0.1, -0.05) is 6.92 Å². The molecule has 4 aromatic heterocycles. The van der Waals surface area contributed by atoms with Crippen LogP contribution in [0.3, 0.4) is 0 Å². The molecular formula is C23H26F3N9O. The number of carbonyl (C=O) groups excluding carboxylic acids is 1. The number of aromatic nitrogens is 6. The van der Waals surface area contributed by atoms with Crippen molar-refractivity contribution < 1.29 is 18.0 Å². The molecule has 0 bridgehead atoms. The van der Waals surface area contributed by atoms with Crippen LogP contribution in [0.5, 0.6) is 0 Å². The van der Waals surface area contributed by atoms with Gasteiger partial charge in [0.05, 0.1) is 11.1 Å². The van der Waals surface area contributed by atoms with E-state index in [1.54, 1.807) is 43.0 Å². The molecule has 0 aliphatic heterocycles. The van der Waals surface area contributed by atoms with Crippen LogP contribution in [0.15, 0.2) is 24.4 Å². The quantitative estimate of drug-likeness (QED) is 0.371. The Labute approximate surface area is 204 Å². The molecule has 5 rings (SSSR count). The Bertz CT molecular complexity index is 1470. The largest absolute Gasteiger partial charge is 0.406 e. The molecule has 0 saturated heterocycles. The molecule has 1 aliphatic carbocycles. The minimum absolute atomic E-state index is 0.0131. The SMILES string of the molecule is CNC(=O)C1(C)CC(Nc2nc(NC)c3c(-c4ccc5nc(C)n(CC(F)(F)F)c5n4)ccn3n2)C1. The maximum Gasteiger partial charge on any atom is 0.406 e. The molecule has 4 heterocycles. The molecule has 3 N–H and O–H groups in total. The number of nitrogens with one attached hydrogen (secondary N) is 3. The molecular weight excluding hydrogens is 475 g/mol. The highest BCUT2D eigenvalue weighted by molar-refractivity contribution is 5.89. The number of rotatable bonds is 6. The molecule has 1 aliphatic rings. The lowest BCUT2D eigenvalue weighted by molar-refractivity contribution is -0.140. The highest BCUT2D eigenvalue weighted by atomic mass is 19.4. The molecule has 0 aromatic carbocycles. The van der Waals surface area contributed by atoms with E-state index in [4.69, 9.17) is 0 Å². The van der Waals surface area contributed by atoms with E-state index < -0.39 is 18.1 Å². The Kier molecular flexibility index (Phi) is 5.52. The summed E-state index contributed by atoms with van der Waals surface area (Å²) in [6.07, 6.45) is -1.32. The van der Waals surface area contributed by atoms with Crippen LogP contribution in [0.4, 0.5) is 24.9 Å². The highest BCUT2D eigenvalue weighted by Crippen LogP contribution is 2.42. The summed E-state index contributed by atoms with van der Waals surface area (Å²) < 4.78 is 42.1. The molecule has 1 saturated carbocycles. The van der Waals surface area contributed by atoms with Crippen molar-refractivity contribution in [2.45, 2.75) is 45.5 Å². The number of halogens is 3. The smallest absolute Gasteiger partial charge is 0.371 e. The lowest BCUT2D eigenvalue weighted by atomic mass is 9.66. The van der Waals surface area contributed by atoms with Gasteiger partial charge in [-0.25, -0.2) is 14.5 Å². The van der Waals surface area contributed by atoms with Gasteiger partial charge in [0.2, 0.25) is 11.9 Å². The zero-order valence-corrected chi connectivity index (χ0v) is 20.2. The molecule has 190 valence electrons. The number of aryl methyl sites for hydroxylation is 1. The fourth-order valence-electron chi connectivity index (χ4n) is 4.90. The van der Waals surface area contributed by atoms with Crippen LogP contribution in [0.25, 0.3) is 27.9 Å². The average Bonchev–Trinajstić information content (AvgIpc) is 3.36. The van der Waals surface area contributed by atoms with Crippen molar-refractivity contribution in [2.24, 2.45) is 5.41 Å².